The Morgan fingerprint density at radius 2 is 2.00 bits per heavy atom. The van der Waals surface area contributed by atoms with E-state index in [1.54, 1.807) is 24.3 Å². The second-order valence-corrected chi connectivity index (χ2v) is 4.97. The number of likely N-dealkylation sites (tertiary alicyclic amines) is 1. The number of carbonyl (C=O) groups excluding carboxylic acids is 3. The summed E-state index contributed by atoms with van der Waals surface area (Å²) < 4.78 is 4.63. The summed E-state index contributed by atoms with van der Waals surface area (Å²) in [5, 5.41) is 0.575. The van der Waals surface area contributed by atoms with Crippen LogP contribution in [0, 0.1) is 0 Å². The topological polar surface area (TPSA) is 63.7 Å². The molecule has 1 unspecified atom stereocenters. The van der Waals surface area contributed by atoms with Crippen molar-refractivity contribution < 1.29 is 19.1 Å². The Morgan fingerprint density at radius 1 is 1.35 bits per heavy atom. The molecular formula is C14H14ClNO4. The van der Waals surface area contributed by atoms with Crippen molar-refractivity contribution in [1.82, 2.24) is 4.90 Å². The Balaban J connectivity index is 2.12. The van der Waals surface area contributed by atoms with E-state index in [4.69, 9.17) is 11.6 Å². The monoisotopic (exact) mass is 295 g/mol. The molecule has 1 aromatic carbocycles. The van der Waals surface area contributed by atoms with Gasteiger partial charge >= 0.3 is 5.97 Å². The van der Waals surface area contributed by atoms with Gasteiger partial charge in [0.15, 0.2) is 0 Å². The van der Waals surface area contributed by atoms with Crippen LogP contribution < -0.4 is 0 Å². The molecule has 1 fully saturated rings. The van der Waals surface area contributed by atoms with Gasteiger partial charge in [-0.15, -0.1) is 0 Å². The van der Waals surface area contributed by atoms with Crippen LogP contribution in [0.4, 0.5) is 0 Å². The zero-order valence-electron chi connectivity index (χ0n) is 11.0. The third kappa shape index (κ3) is 2.99. The third-order valence-electron chi connectivity index (χ3n) is 3.22. The molecule has 1 aliphatic heterocycles. The van der Waals surface area contributed by atoms with Gasteiger partial charge in [-0.1, -0.05) is 23.7 Å². The summed E-state index contributed by atoms with van der Waals surface area (Å²) in [5.41, 5.74) is 0.739. The van der Waals surface area contributed by atoms with Crippen molar-refractivity contribution in [3.05, 3.63) is 34.9 Å². The molecule has 2 amide bonds. The number of hydrogen-bond acceptors (Lipinski definition) is 4. The number of esters is 1. The van der Waals surface area contributed by atoms with E-state index in [0.717, 1.165) is 10.5 Å². The van der Waals surface area contributed by atoms with Crippen LogP contribution in [0.1, 0.15) is 18.4 Å². The fourth-order valence-corrected chi connectivity index (χ4v) is 2.34. The normalized spacial score (nSPS) is 18.2. The van der Waals surface area contributed by atoms with Crippen molar-refractivity contribution in [1.29, 1.82) is 0 Å². The molecule has 20 heavy (non-hydrogen) atoms. The summed E-state index contributed by atoms with van der Waals surface area (Å²) in [4.78, 5) is 36.6. The Kier molecular flexibility index (Phi) is 4.39. The van der Waals surface area contributed by atoms with Crippen molar-refractivity contribution in [2.24, 2.45) is 0 Å². The third-order valence-corrected chi connectivity index (χ3v) is 3.47. The molecule has 1 heterocycles. The molecule has 0 aliphatic carbocycles. The van der Waals surface area contributed by atoms with Crippen molar-refractivity contribution in [2.75, 3.05) is 7.11 Å². The van der Waals surface area contributed by atoms with E-state index in [1.807, 2.05) is 0 Å². The molecule has 1 aliphatic rings. The van der Waals surface area contributed by atoms with E-state index < -0.39 is 17.9 Å². The SMILES string of the molecule is COC(=O)C1CCC(=O)N1C(=O)Cc1ccc(Cl)cc1. The number of ether oxygens (including phenoxy) is 1. The average molecular weight is 296 g/mol. The summed E-state index contributed by atoms with van der Waals surface area (Å²) >= 11 is 5.77. The van der Waals surface area contributed by atoms with Crippen LogP contribution in [-0.4, -0.2) is 35.8 Å². The highest BCUT2D eigenvalue weighted by Crippen LogP contribution is 2.21. The van der Waals surface area contributed by atoms with E-state index in [1.165, 1.54) is 7.11 Å². The second kappa shape index (κ2) is 6.05. The zero-order valence-corrected chi connectivity index (χ0v) is 11.7. The van der Waals surface area contributed by atoms with Gasteiger partial charge in [-0.05, 0) is 24.1 Å². The van der Waals surface area contributed by atoms with Crippen LogP contribution in [0.2, 0.25) is 5.02 Å². The van der Waals surface area contributed by atoms with E-state index in [0.29, 0.717) is 11.4 Å². The first-order chi connectivity index (χ1) is 9.52. The van der Waals surface area contributed by atoms with E-state index >= 15 is 0 Å². The Hall–Kier alpha value is -1.88. The van der Waals surface area contributed by atoms with Gasteiger partial charge in [0, 0.05) is 11.4 Å². The minimum absolute atomic E-state index is 0.0520. The van der Waals surface area contributed by atoms with Crippen molar-refractivity contribution in [3.63, 3.8) is 0 Å². The van der Waals surface area contributed by atoms with Gasteiger partial charge in [0.2, 0.25) is 11.8 Å². The highest BCUT2D eigenvalue weighted by atomic mass is 35.5. The maximum absolute atomic E-state index is 12.2. The highest BCUT2D eigenvalue weighted by molar-refractivity contribution is 6.30. The van der Waals surface area contributed by atoms with E-state index in [9.17, 15) is 14.4 Å². The summed E-state index contributed by atoms with van der Waals surface area (Å²) in [7, 11) is 1.24. The number of imide groups is 1. The molecule has 2 rings (SSSR count). The molecule has 0 spiro atoms. The maximum Gasteiger partial charge on any atom is 0.329 e. The first-order valence-corrected chi connectivity index (χ1v) is 6.58. The molecule has 0 saturated carbocycles. The number of rotatable bonds is 3. The Morgan fingerprint density at radius 3 is 2.60 bits per heavy atom. The van der Waals surface area contributed by atoms with Gasteiger partial charge in [-0.25, -0.2) is 4.79 Å². The van der Waals surface area contributed by atoms with Crippen LogP contribution in [0.5, 0.6) is 0 Å². The van der Waals surface area contributed by atoms with E-state index in [-0.39, 0.29) is 18.7 Å². The van der Waals surface area contributed by atoms with Crippen LogP contribution in [-0.2, 0) is 25.5 Å². The Labute approximate surface area is 121 Å². The fourth-order valence-electron chi connectivity index (χ4n) is 2.22. The molecule has 6 heteroatoms. The fraction of sp³-hybridized carbons (Fsp3) is 0.357. The zero-order chi connectivity index (χ0) is 14.7. The van der Waals surface area contributed by atoms with Crippen LogP contribution in [0.15, 0.2) is 24.3 Å². The van der Waals surface area contributed by atoms with Gasteiger partial charge < -0.3 is 4.74 Å². The van der Waals surface area contributed by atoms with Gasteiger partial charge in [-0.3, -0.25) is 14.5 Å². The van der Waals surface area contributed by atoms with Crippen molar-refractivity contribution >= 4 is 29.4 Å². The number of halogens is 1. The van der Waals surface area contributed by atoms with Crippen molar-refractivity contribution in [2.45, 2.75) is 25.3 Å². The molecule has 106 valence electrons. The molecular weight excluding hydrogens is 282 g/mol. The summed E-state index contributed by atoms with van der Waals surface area (Å²) in [6, 6.07) is 5.98. The van der Waals surface area contributed by atoms with Gasteiger partial charge in [0.25, 0.3) is 0 Å². The molecule has 0 bridgehead atoms. The largest absolute Gasteiger partial charge is 0.467 e. The lowest BCUT2D eigenvalue weighted by atomic mass is 10.1. The minimum atomic E-state index is -0.799. The molecule has 1 aromatic rings. The Bertz CT molecular complexity index is 541. The van der Waals surface area contributed by atoms with Crippen LogP contribution >= 0.6 is 11.6 Å². The number of methoxy groups -OCH3 is 1. The quantitative estimate of drug-likeness (QED) is 0.794. The molecule has 0 radical (unpaired) electrons. The molecule has 1 atom stereocenters. The minimum Gasteiger partial charge on any atom is -0.467 e. The standard InChI is InChI=1S/C14H14ClNO4/c1-20-14(19)11-6-7-12(17)16(11)13(18)8-9-2-4-10(15)5-3-9/h2-5,11H,6-8H2,1H3. The van der Waals surface area contributed by atoms with Crippen LogP contribution in [0.25, 0.3) is 0 Å². The maximum atomic E-state index is 12.2. The summed E-state index contributed by atoms with van der Waals surface area (Å²) in [6.07, 6.45) is 0.556. The molecule has 5 nitrogen and oxygen atoms in total. The van der Waals surface area contributed by atoms with Gasteiger partial charge in [0.05, 0.1) is 13.5 Å². The summed E-state index contributed by atoms with van der Waals surface area (Å²) in [6.45, 7) is 0. The smallest absolute Gasteiger partial charge is 0.329 e. The average Bonchev–Trinajstić information content (AvgIpc) is 2.82. The molecule has 0 N–H and O–H groups in total. The molecule has 0 aromatic heterocycles. The van der Waals surface area contributed by atoms with Gasteiger partial charge in [0.1, 0.15) is 6.04 Å². The first kappa shape index (κ1) is 14.5. The van der Waals surface area contributed by atoms with Crippen molar-refractivity contribution in [3.8, 4) is 0 Å². The lowest BCUT2D eigenvalue weighted by molar-refractivity contribution is -0.155. The number of nitrogens with zero attached hydrogens (tertiary/aromatic N) is 1. The number of hydrogen-bond donors (Lipinski definition) is 0. The lowest BCUT2D eigenvalue weighted by Gasteiger charge is -2.20. The summed E-state index contributed by atoms with van der Waals surface area (Å²) in [5.74, 6) is -1.29. The van der Waals surface area contributed by atoms with Crippen LogP contribution in [0.3, 0.4) is 0 Å². The van der Waals surface area contributed by atoms with E-state index in [2.05, 4.69) is 4.74 Å². The number of carbonyl (C=O) groups is 3. The molecule has 1 saturated heterocycles. The van der Waals surface area contributed by atoms with Gasteiger partial charge in [-0.2, -0.15) is 0 Å². The number of amides is 2. The first-order valence-electron chi connectivity index (χ1n) is 6.20. The predicted octanol–water partition coefficient (Wildman–Crippen LogP) is 1.57. The number of benzene rings is 1. The second-order valence-electron chi connectivity index (χ2n) is 4.54. The highest BCUT2D eigenvalue weighted by Gasteiger charge is 2.40. The predicted molar refractivity (Wildman–Crippen MR) is 72.0 cm³/mol. The lowest BCUT2D eigenvalue weighted by Crippen LogP contribution is -2.44.